The van der Waals surface area contributed by atoms with Crippen LogP contribution < -0.4 is 10.2 Å². The number of benzene rings is 3. The van der Waals surface area contributed by atoms with Crippen molar-refractivity contribution in [2.45, 2.75) is 69.2 Å². The minimum Gasteiger partial charge on any atom is -0.504 e. The molecular formula is C40H39ClFN3O6. The fraction of sp³-hybridized carbons (Fsp3) is 0.400. The molecule has 3 aromatic carbocycles. The van der Waals surface area contributed by atoms with E-state index < -0.39 is 52.6 Å². The fourth-order valence-electron chi connectivity index (χ4n) is 9.74. The van der Waals surface area contributed by atoms with Crippen molar-refractivity contribution in [1.82, 2.24) is 9.91 Å². The summed E-state index contributed by atoms with van der Waals surface area (Å²) >= 11 is 6.38. The van der Waals surface area contributed by atoms with Crippen molar-refractivity contribution in [1.29, 1.82) is 0 Å². The van der Waals surface area contributed by atoms with Crippen LogP contribution >= 0.6 is 11.6 Å². The summed E-state index contributed by atoms with van der Waals surface area (Å²) in [6.07, 6.45) is 7.10. The second kappa shape index (κ2) is 12.8. The van der Waals surface area contributed by atoms with E-state index in [9.17, 15) is 23.9 Å². The third kappa shape index (κ3) is 5.16. The number of halogens is 2. The van der Waals surface area contributed by atoms with Crippen molar-refractivity contribution in [2.24, 2.45) is 23.7 Å². The van der Waals surface area contributed by atoms with Gasteiger partial charge in [-0.15, -0.1) is 0 Å². The van der Waals surface area contributed by atoms with Gasteiger partial charge >= 0.3 is 0 Å². The van der Waals surface area contributed by atoms with E-state index in [2.05, 4.69) is 5.43 Å². The molecule has 11 heteroatoms. The number of amides is 4. The van der Waals surface area contributed by atoms with Gasteiger partial charge < -0.3 is 9.84 Å². The highest BCUT2D eigenvalue weighted by Crippen LogP contribution is 2.64. The Bertz CT molecular complexity index is 1940. The molecule has 2 saturated heterocycles. The highest BCUT2D eigenvalue weighted by Gasteiger charge is 2.70. The summed E-state index contributed by atoms with van der Waals surface area (Å²) in [4.78, 5) is 60.1. The van der Waals surface area contributed by atoms with Gasteiger partial charge in [0.25, 0.3) is 11.8 Å². The first-order valence-electron chi connectivity index (χ1n) is 17.8. The first-order valence-corrected chi connectivity index (χ1v) is 18.2. The maximum atomic E-state index is 15.3. The zero-order valence-electron chi connectivity index (χ0n) is 28.2. The monoisotopic (exact) mass is 711 g/mol. The number of fused-ring (bicyclic) bond motifs is 4. The number of nitrogens with zero attached hydrogens (tertiary/aromatic N) is 2. The smallest absolute Gasteiger partial charge is 0.260 e. The van der Waals surface area contributed by atoms with Crippen LogP contribution in [0.1, 0.15) is 68.9 Å². The van der Waals surface area contributed by atoms with Crippen LogP contribution in [0.2, 0.25) is 5.02 Å². The van der Waals surface area contributed by atoms with Crippen LogP contribution in [0.3, 0.4) is 0 Å². The Morgan fingerprint density at radius 3 is 2.35 bits per heavy atom. The number of phenols is 1. The Morgan fingerprint density at radius 1 is 0.922 bits per heavy atom. The maximum Gasteiger partial charge on any atom is 0.260 e. The Kier molecular flexibility index (Phi) is 8.40. The molecule has 3 aromatic rings. The molecule has 0 radical (unpaired) electrons. The number of carbonyl (C=O) groups excluding carboxylic acids is 4. The predicted octanol–water partition coefficient (Wildman–Crippen LogP) is 6.90. The second-order valence-corrected chi connectivity index (χ2v) is 14.8. The molecule has 2 N–H and O–H groups in total. The number of hydrazine groups is 1. The van der Waals surface area contributed by atoms with Crippen molar-refractivity contribution < 1.29 is 33.4 Å². The maximum absolute atomic E-state index is 15.3. The van der Waals surface area contributed by atoms with E-state index in [0.717, 1.165) is 42.7 Å². The van der Waals surface area contributed by atoms with Crippen LogP contribution in [-0.2, 0) is 24.6 Å². The van der Waals surface area contributed by atoms with Gasteiger partial charge in [-0.3, -0.25) is 29.5 Å². The van der Waals surface area contributed by atoms with Gasteiger partial charge in [-0.05, 0) is 98.2 Å². The first kappa shape index (κ1) is 33.4. The zero-order valence-corrected chi connectivity index (χ0v) is 28.9. The quantitative estimate of drug-likeness (QED) is 0.202. The van der Waals surface area contributed by atoms with Gasteiger partial charge in [0.1, 0.15) is 5.82 Å². The van der Waals surface area contributed by atoms with Crippen LogP contribution in [-0.4, -0.2) is 51.3 Å². The molecule has 6 atom stereocenters. The summed E-state index contributed by atoms with van der Waals surface area (Å²) in [5.41, 5.74) is 3.79. The summed E-state index contributed by atoms with van der Waals surface area (Å²) < 4.78 is 19.7. The van der Waals surface area contributed by atoms with E-state index in [4.69, 9.17) is 16.3 Å². The minimum atomic E-state index is -1.51. The fourth-order valence-corrected chi connectivity index (χ4v) is 9.86. The number of rotatable bonds is 7. The van der Waals surface area contributed by atoms with Crippen LogP contribution in [0.25, 0.3) is 0 Å². The zero-order chi connectivity index (χ0) is 35.6. The SMILES string of the molecule is CCOc1cc(C2C3=CCC4C(=O)N(C5CCCCC5)C(=O)C4C3CC3C(=O)N(Nc4ccc(F)cc4)C(=O)C32c2ccc(Cl)cc2)ccc1O. The summed E-state index contributed by atoms with van der Waals surface area (Å²) in [6, 6.07) is 17.1. The molecular weight excluding hydrogens is 673 g/mol. The molecule has 8 rings (SSSR count). The van der Waals surface area contributed by atoms with E-state index in [0.29, 0.717) is 28.3 Å². The van der Waals surface area contributed by atoms with Crippen LogP contribution in [0.4, 0.5) is 10.1 Å². The predicted molar refractivity (Wildman–Crippen MR) is 187 cm³/mol. The molecule has 3 aliphatic carbocycles. The lowest BCUT2D eigenvalue weighted by atomic mass is 9.49. The van der Waals surface area contributed by atoms with Crippen molar-refractivity contribution >= 4 is 40.9 Å². The molecule has 264 valence electrons. The number of hydrogen-bond donors (Lipinski definition) is 2. The molecule has 4 amide bonds. The second-order valence-electron chi connectivity index (χ2n) is 14.4. The Labute approximate surface area is 300 Å². The van der Waals surface area contributed by atoms with Gasteiger partial charge in [0.2, 0.25) is 11.8 Å². The van der Waals surface area contributed by atoms with E-state index in [1.165, 1.54) is 35.2 Å². The standard InChI is InChI=1S/C40H39ClFN3O6/c1-2-51-33-20-22(8-19-32(33)46)35-28-17-18-29-34(38(49)44(36(29)47)27-6-4-3-5-7-27)30(28)21-31-37(48)45(43-26-15-13-25(42)14-16-26)39(50)40(31,35)23-9-11-24(41)12-10-23/h8-17,19-20,27,29-31,34-35,43,46H,2-7,18,21H2,1H3. The normalized spacial score (nSPS) is 29.1. The Balaban J connectivity index is 1.32. The lowest BCUT2D eigenvalue weighted by Gasteiger charge is -2.50. The number of likely N-dealkylation sites (tertiary alicyclic amines) is 1. The topological polar surface area (TPSA) is 116 Å². The van der Waals surface area contributed by atoms with Crippen molar-refractivity contribution in [2.75, 3.05) is 12.0 Å². The van der Waals surface area contributed by atoms with Crippen LogP contribution in [0.5, 0.6) is 11.5 Å². The number of hydrogen-bond acceptors (Lipinski definition) is 7. The molecule has 2 saturated carbocycles. The lowest BCUT2D eigenvalue weighted by molar-refractivity contribution is -0.144. The van der Waals surface area contributed by atoms with Crippen molar-refractivity contribution in [3.05, 3.63) is 100 Å². The minimum absolute atomic E-state index is 0.0733. The van der Waals surface area contributed by atoms with E-state index in [1.807, 2.05) is 6.08 Å². The molecule has 5 aliphatic rings. The van der Waals surface area contributed by atoms with E-state index in [1.54, 1.807) is 43.3 Å². The average molecular weight is 712 g/mol. The average Bonchev–Trinajstić information content (AvgIpc) is 3.51. The molecule has 0 aromatic heterocycles. The highest BCUT2D eigenvalue weighted by atomic mass is 35.5. The van der Waals surface area contributed by atoms with Gasteiger partial charge in [-0.1, -0.05) is 60.7 Å². The molecule has 2 heterocycles. The van der Waals surface area contributed by atoms with Gasteiger partial charge in [-0.25, -0.2) is 4.39 Å². The number of nitrogens with one attached hydrogen (secondary N) is 1. The van der Waals surface area contributed by atoms with Gasteiger partial charge in [0, 0.05) is 17.0 Å². The van der Waals surface area contributed by atoms with Crippen LogP contribution in [0, 0.1) is 29.5 Å². The third-order valence-corrected chi connectivity index (χ3v) is 12.1. The number of allylic oxidation sites excluding steroid dienone is 2. The number of aromatic hydroxyl groups is 1. The molecule has 51 heavy (non-hydrogen) atoms. The van der Waals surface area contributed by atoms with Crippen molar-refractivity contribution in [3.8, 4) is 11.5 Å². The van der Waals surface area contributed by atoms with Gasteiger partial charge in [0.15, 0.2) is 11.5 Å². The number of phenolic OH excluding ortho intramolecular Hbond substituents is 1. The Morgan fingerprint density at radius 2 is 1.65 bits per heavy atom. The number of ether oxygens (including phenoxy) is 1. The van der Waals surface area contributed by atoms with E-state index in [-0.39, 0.29) is 42.4 Å². The molecule has 0 bridgehead atoms. The molecule has 0 spiro atoms. The Hall–Kier alpha value is -4.70. The molecule has 2 aliphatic heterocycles. The van der Waals surface area contributed by atoms with Crippen molar-refractivity contribution in [3.63, 3.8) is 0 Å². The van der Waals surface area contributed by atoms with Gasteiger partial charge in [-0.2, -0.15) is 5.01 Å². The van der Waals surface area contributed by atoms with Gasteiger partial charge in [0.05, 0.1) is 35.5 Å². The summed E-state index contributed by atoms with van der Waals surface area (Å²) in [7, 11) is 0. The molecule has 4 fully saturated rings. The molecule has 9 nitrogen and oxygen atoms in total. The number of imide groups is 2. The largest absolute Gasteiger partial charge is 0.504 e. The number of anilines is 1. The molecule has 6 unspecified atom stereocenters. The first-order chi connectivity index (χ1) is 24.6. The summed E-state index contributed by atoms with van der Waals surface area (Å²) in [5.74, 6) is -5.12. The summed E-state index contributed by atoms with van der Waals surface area (Å²) in [5, 5.41) is 12.2. The lowest BCUT2D eigenvalue weighted by Crippen LogP contribution is -2.53. The summed E-state index contributed by atoms with van der Waals surface area (Å²) in [6.45, 7) is 2.08. The third-order valence-electron chi connectivity index (χ3n) is 11.8. The van der Waals surface area contributed by atoms with E-state index >= 15 is 4.79 Å². The number of carbonyl (C=O) groups is 4. The van der Waals surface area contributed by atoms with Crippen LogP contribution in [0.15, 0.2) is 78.4 Å². The highest BCUT2D eigenvalue weighted by molar-refractivity contribution is 6.30.